The van der Waals surface area contributed by atoms with E-state index in [2.05, 4.69) is 77.0 Å². The normalized spacial score (nSPS) is 18.2. The van der Waals surface area contributed by atoms with Gasteiger partial charge in [0, 0.05) is 83.6 Å². The number of carboxylic acids is 2. The summed E-state index contributed by atoms with van der Waals surface area (Å²) in [5, 5.41) is 27.3. The van der Waals surface area contributed by atoms with Gasteiger partial charge in [0.05, 0.1) is 23.0 Å². The summed E-state index contributed by atoms with van der Waals surface area (Å²) in [6.07, 6.45) is 11.9. The van der Waals surface area contributed by atoms with E-state index in [0.29, 0.717) is 41.1 Å². The van der Waals surface area contributed by atoms with Gasteiger partial charge in [-0.25, -0.2) is 14.6 Å². The lowest BCUT2D eigenvalue weighted by Gasteiger charge is -2.24. The van der Waals surface area contributed by atoms with Gasteiger partial charge >= 0.3 is 11.9 Å². The Hall–Kier alpha value is -8.35. The van der Waals surface area contributed by atoms with Crippen molar-refractivity contribution in [1.29, 1.82) is 0 Å². The Bertz CT molecular complexity index is 3210. The highest BCUT2D eigenvalue weighted by Gasteiger charge is 2.38. The minimum Gasteiger partial charge on any atom is -0.480 e. The molecule has 0 spiro atoms. The van der Waals surface area contributed by atoms with Gasteiger partial charge in [-0.05, 0) is 153 Å². The Labute approximate surface area is 448 Å². The third-order valence-electron chi connectivity index (χ3n) is 15.3. The van der Waals surface area contributed by atoms with Crippen LogP contribution in [-0.2, 0) is 36.8 Å². The third-order valence-corrected chi connectivity index (χ3v) is 15.3. The van der Waals surface area contributed by atoms with Gasteiger partial charge in [-0.15, -0.1) is 0 Å². The van der Waals surface area contributed by atoms with Crippen LogP contribution in [0.4, 0.5) is 0 Å². The number of rotatable bonds is 23. The molecule has 2 amide bonds. The molecular formula is C58H72N12O7. The highest BCUT2D eigenvalue weighted by atomic mass is 16.4. The molecule has 1 aliphatic carbocycles. The van der Waals surface area contributed by atoms with Gasteiger partial charge < -0.3 is 53.7 Å². The topological polar surface area (TPSA) is 335 Å². The Kier molecular flexibility index (Phi) is 18.0. The molecule has 0 radical (unpaired) electrons. The summed E-state index contributed by atoms with van der Waals surface area (Å²) < 4.78 is 0. The number of aromatic amines is 2. The van der Waals surface area contributed by atoms with Crippen LogP contribution >= 0.6 is 0 Å². The van der Waals surface area contributed by atoms with Crippen molar-refractivity contribution in [3.8, 4) is 0 Å². The fourth-order valence-electron chi connectivity index (χ4n) is 11.0. The van der Waals surface area contributed by atoms with E-state index in [0.717, 1.165) is 73.4 Å². The lowest BCUT2D eigenvalue weighted by molar-refractivity contribution is -0.143. The molecule has 0 fully saturated rings. The van der Waals surface area contributed by atoms with E-state index in [1.54, 1.807) is 13.1 Å². The third kappa shape index (κ3) is 12.8. The number of carboxylic acid groups (broad SMARTS) is 2. The van der Waals surface area contributed by atoms with E-state index in [4.69, 9.17) is 32.9 Å². The molecule has 19 nitrogen and oxygen atoms in total. The number of aliphatic carboxylic acids is 2. The van der Waals surface area contributed by atoms with Gasteiger partial charge in [-0.1, -0.05) is 44.7 Å². The molecule has 8 bridgehead atoms. The number of amides is 2. The molecule has 406 valence electrons. The fourth-order valence-corrected chi connectivity index (χ4v) is 11.0. The van der Waals surface area contributed by atoms with Crippen molar-refractivity contribution >= 4 is 75.9 Å². The summed E-state index contributed by atoms with van der Waals surface area (Å²) in [6.45, 7) is 16.4. The van der Waals surface area contributed by atoms with Crippen LogP contribution in [0.2, 0.25) is 0 Å². The number of nitrogens with one attached hydrogen (secondary N) is 4. The number of allylic oxidation sites excluding steroid dienone is 9. The van der Waals surface area contributed by atoms with Gasteiger partial charge in [0.25, 0.3) is 0 Å². The second-order valence-corrected chi connectivity index (χ2v) is 20.3. The Morgan fingerprint density at radius 3 is 2.21 bits per heavy atom. The number of guanidine groups is 2. The molecule has 1 aromatic carbocycles. The van der Waals surface area contributed by atoms with Crippen molar-refractivity contribution < 1.29 is 34.2 Å². The fraction of sp³-hybridized carbons (Fsp3) is 0.397. The molecule has 5 atom stereocenters. The molecule has 3 aromatic rings. The number of nitrogens with two attached hydrogens (primary N) is 4. The number of aliphatic imine (C=N–C) groups is 4. The number of nitrogens with zero attached hydrogens (tertiary/aromatic N) is 4. The molecule has 0 saturated heterocycles. The first kappa shape index (κ1) is 56.4. The lowest BCUT2D eigenvalue weighted by atomic mass is 9.83. The van der Waals surface area contributed by atoms with Gasteiger partial charge in [0.15, 0.2) is 17.7 Å². The van der Waals surface area contributed by atoms with E-state index >= 15 is 0 Å². The van der Waals surface area contributed by atoms with Gasteiger partial charge in [0.2, 0.25) is 11.8 Å². The van der Waals surface area contributed by atoms with Crippen molar-refractivity contribution in [2.45, 2.75) is 118 Å². The van der Waals surface area contributed by atoms with Crippen molar-refractivity contribution in [2.24, 2.45) is 60.7 Å². The molecule has 5 heterocycles. The lowest BCUT2D eigenvalue weighted by Crippen LogP contribution is -2.46. The number of H-pyrrole nitrogens is 2. The quantitative estimate of drug-likeness (QED) is 0.0276. The van der Waals surface area contributed by atoms with Gasteiger partial charge in [0.1, 0.15) is 6.04 Å². The maximum Gasteiger partial charge on any atom is 0.338 e. The molecule has 19 heteroatoms. The maximum atomic E-state index is 14.6. The maximum absolute atomic E-state index is 14.6. The number of hydrogen-bond acceptors (Lipinski definition) is 9. The number of ketones is 1. The summed E-state index contributed by atoms with van der Waals surface area (Å²) in [5.74, 6) is -5.79. The molecule has 3 aliphatic heterocycles. The number of carbonyl (C=O) groups is 5. The standard InChI is InChI=1S/C58H72N12O7/c1-8-38-29(3)34-22-35(38)25-45-30(4)39(9-2)48(66-45)27-47-32(6)51(56(76)77)53(69-47)33(7)52-40(31(5)46(24-34)68-52)18-19-50(72)67-43(16-12-20-63-57(59)60)49(71)26-36(23-37-28-65-42-15-11-10-14-41(37)42)54(73)70-44(55(74)75)17-13-21-64-58(61)62/h8,10-11,14-15,24-25,27-28,31,36,40,43-44,65-66H,1,9,12-13,16-23,26H2,2-7H3,(H,67,72)(H,70,73)(H,74,75)(H,76,77)(H4,59,60,63)(H4,61,62,64)/t31-,36+,40-,43-,44-/m0/s1. The second-order valence-electron chi connectivity index (χ2n) is 20.3. The van der Waals surface area contributed by atoms with Crippen LogP contribution in [0.25, 0.3) is 23.1 Å². The molecule has 0 unspecified atom stereocenters. The second kappa shape index (κ2) is 24.5. The van der Waals surface area contributed by atoms with E-state index in [9.17, 15) is 34.2 Å². The van der Waals surface area contributed by atoms with E-state index in [1.165, 1.54) is 0 Å². The van der Waals surface area contributed by atoms with E-state index < -0.39 is 47.5 Å². The molecule has 77 heavy (non-hydrogen) atoms. The highest BCUT2D eigenvalue weighted by Crippen LogP contribution is 2.43. The van der Waals surface area contributed by atoms with Crippen molar-refractivity contribution in [3.63, 3.8) is 0 Å². The van der Waals surface area contributed by atoms with Crippen LogP contribution < -0.4 is 33.6 Å². The zero-order chi connectivity index (χ0) is 55.8. The molecule has 0 saturated carbocycles. The Morgan fingerprint density at radius 1 is 0.870 bits per heavy atom. The van der Waals surface area contributed by atoms with Crippen LogP contribution in [0, 0.1) is 24.7 Å². The number of aromatic nitrogens is 2. The minimum absolute atomic E-state index is 0.0256. The van der Waals surface area contributed by atoms with Crippen molar-refractivity contribution in [3.05, 3.63) is 128 Å². The summed E-state index contributed by atoms with van der Waals surface area (Å²) in [6, 6.07) is 5.14. The number of carbonyl (C=O) groups excluding carboxylic acids is 3. The zero-order valence-corrected chi connectivity index (χ0v) is 44.8. The minimum atomic E-state index is -1.29. The number of fused-ring (bicyclic) bond motifs is 7. The van der Waals surface area contributed by atoms with Crippen molar-refractivity contribution in [1.82, 2.24) is 20.6 Å². The summed E-state index contributed by atoms with van der Waals surface area (Å²) in [4.78, 5) is 93.9. The average Bonchev–Trinajstić information content (AvgIpc) is 4.18. The summed E-state index contributed by atoms with van der Waals surface area (Å²) in [7, 11) is 0. The van der Waals surface area contributed by atoms with Crippen LogP contribution in [-0.4, -0.2) is 98.2 Å². The summed E-state index contributed by atoms with van der Waals surface area (Å²) >= 11 is 0. The van der Waals surface area contributed by atoms with Crippen LogP contribution in [0.15, 0.2) is 120 Å². The monoisotopic (exact) mass is 1050 g/mol. The number of hydrogen-bond donors (Lipinski definition) is 10. The largest absolute Gasteiger partial charge is 0.480 e. The first-order chi connectivity index (χ1) is 36.7. The number of para-hydroxylation sites is 1. The molecule has 2 aromatic heterocycles. The molecular weight excluding hydrogens is 977 g/mol. The smallest absolute Gasteiger partial charge is 0.338 e. The molecule has 4 aliphatic rings. The summed E-state index contributed by atoms with van der Waals surface area (Å²) in [5.41, 5.74) is 35.4. The zero-order valence-electron chi connectivity index (χ0n) is 44.8. The first-order valence-electron chi connectivity index (χ1n) is 26.2. The first-order valence-corrected chi connectivity index (χ1v) is 26.2. The SMILES string of the molecule is C=CC1=C(C)C2=CC3=NC(=C(C)C4=NC(=Cc5[nH]c(c(C)c5CC)C=C1C2)C(C)=C4C(=O)O)[C@@H](CCC(=O)N[C@@H](CCCN=C(N)N)C(=O)C[C@@H](Cc1c[nH]c2ccccc12)C(=O)N[C@@H](CCCN=C(N)N)C(=O)O)[C@@H]3C. The highest BCUT2D eigenvalue weighted by molar-refractivity contribution is 6.29. The van der Waals surface area contributed by atoms with Gasteiger partial charge in [-0.2, -0.15) is 0 Å². The van der Waals surface area contributed by atoms with Crippen molar-refractivity contribution in [2.75, 3.05) is 13.1 Å². The predicted octanol–water partition coefficient (Wildman–Crippen LogP) is 6.53. The van der Waals surface area contributed by atoms with Crippen LogP contribution in [0.3, 0.4) is 0 Å². The number of benzene rings is 1. The Balaban J connectivity index is 1.19. The van der Waals surface area contributed by atoms with Gasteiger partial charge in [-0.3, -0.25) is 29.4 Å². The Morgan fingerprint density at radius 2 is 1.56 bits per heavy atom. The number of Topliss-reactive ketones (excluding diaryl/α,β-unsaturated/α-hetero) is 1. The predicted molar refractivity (Wildman–Crippen MR) is 303 cm³/mol. The molecule has 14 N–H and O–H groups in total. The van der Waals surface area contributed by atoms with E-state index in [1.807, 2.05) is 43.3 Å². The van der Waals surface area contributed by atoms with Crippen LogP contribution in [0.5, 0.6) is 0 Å². The average molecular weight is 1050 g/mol. The van der Waals surface area contributed by atoms with Crippen LogP contribution in [0.1, 0.15) is 114 Å². The van der Waals surface area contributed by atoms with E-state index in [-0.39, 0.29) is 87.4 Å². The molecule has 7 rings (SSSR count).